The molecule has 2 heterocycles. The molecule has 28 heavy (non-hydrogen) atoms. The number of amides is 2. The van der Waals surface area contributed by atoms with Crippen LogP contribution in [0.4, 0.5) is 10.5 Å². The SMILES string of the molecule is COc1ccccc1NC(c1ccco1)C1C=CN(C(=O)OC(C)(C)C)C1=O. The summed E-state index contributed by atoms with van der Waals surface area (Å²) >= 11 is 0. The molecule has 3 rings (SSSR count). The van der Waals surface area contributed by atoms with Crippen molar-refractivity contribution in [3.63, 3.8) is 0 Å². The number of hydrogen-bond acceptors (Lipinski definition) is 6. The van der Waals surface area contributed by atoms with Gasteiger partial charge in [-0.1, -0.05) is 18.2 Å². The lowest BCUT2D eigenvalue weighted by Crippen LogP contribution is -2.39. The van der Waals surface area contributed by atoms with Crippen molar-refractivity contribution in [1.82, 2.24) is 4.90 Å². The van der Waals surface area contributed by atoms with Gasteiger partial charge in [-0.15, -0.1) is 0 Å². The minimum atomic E-state index is -0.702. The molecule has 2 amide bonds. The number of benzene rings is 1. The first-order valence-electron chi connectivity index (χ1n) is 8.97. The number of carbonyl (C=O) groups is 2. The van der Waals surface area contributed by atoms with Gasteiger partial charge in [-0.25, -0.2) is 9.69 Å². The standard InChI is InChI=1S/C21H24N2O5/c1-21(2,3)28-20(25)23-12-11-14(19(23)24)18(17-10-7-13-27-17)22-15-8-5-6-9-16(15)26-4/h5-14,18,22H,1-4H3. The zero-order chi connectivity index (χ0) is 20.3. The van der Waals surface area contributed by atoms with Gasteiger partial charge in [0.1, 0.15) is 17.1 Å². The fraction of sp³-hybridized carbons (Fsp3) is 0.333. The molecule has 0 bridgehead atoms. The number of furan rings is 1. The molecular weight excluding hydrogens is 360 g/mol. The van der Waals surface area contributed by atoms with E-state index in [0.717, 1.165) is 4.90 Å². The molecular formula is C21H24N2O5. The monoisotopic (exact) mass is 384 g/mol. The molecule has 0 radical (unpaired) electrons. The average molecular weight is 384 g/mol. The Kier molecular flexibility index (Phi) is 5.44. The highest BCUT2D eigenvalue weighted by molar-refractivity contribution is 5.98. The molecule has 7 heteroatoms. The van der Waals surface area contributed by atoms with Crippen LogP contribution in [0.2, 0.25) is 0 Å². The molecule has 0 aliphatic carbocycles. The Morgan fingerprint density at radius 2 is 1.96 bits per heavy atom. The van der Waals surface area contributed by atoms with E-state index >= 15 is 0 Å². The van der Waals surface area contributed by atoms with Crippen LogP contribution in [0, 0.1) is 5.92 Å². The molecule has 1 aromatic carbocycles. The van der Waals surface area contributed by atoms with E-state index in [1.165, 1.54) is 6.20 Å². The van der Waals surface area contributed by atoms with E-state index in [9.17, 15) is 9.59 Å². The van der Waals surface area contributed by atoms with Crippen LogP contribution in [-0.4, -0.2) is 29.6 Å². The predicted molar refractivity (Wildman–Crippen MR) is 104 cm³/mol. The van der Waals surface area contributed by atoms with E-state index in [0.29, 0.717) is 17.2 Å². The highest BCUT2D eigenvalue weighted by Gasteiger charge is 2.40. The molecule has 148 valence electrons. The van der Waals surface area contributed by atoms with Crippen molar-refractivity contribution in [3.8, 4) is 5.75 Å². The second-order valence-corrected chi connectivity index (χ2v) is 7.39. The number of imide groups is 1. The third-order valence-electron chi connectivity index (χ3n) is 4.18. The second-order valence-electron chi connectivity index (χ2n) is 7.39. The highest BCUT2D eigenvalue weighted by Crippen LogP contribution is 2.35. The largest absolute Gasteiger partial charge is 0.495 e. The van der Waals surface area contributed by atoms with Crippen LogP contribution in [0.3, 0.4) is 0 Å². The Morgan fingerprint density at radius 3 is 2.61 bits per heavy atom. The maximum atomic E-state index is 13.0. The van der Waals surface area contributed by atoms with Crippen LogP contribution in [-0.2, 0) is 9.53 Å². The molecule has 2 atom stereocenters. The fourth-order valence-corrected chi connectivity index (χ4v) is 2.95. The van der Waals surface area contributed by atoms with E-state index < -0.39 is 29.6 Å². The number of para-hydroxylation sites is 2. The Balaban J connectivity index is 1.85. The van der Waals surface area contributed by atoms with Gasteiger partial charge in [0, 0.05) is 6.20 Å². The first kappa shape index (κ1) is 19.5. The lowest BCUT2D eigenvalue weighted by molar-refractivity contribution is -0.129. The molecule has 0 saturated carbocycles. The van der Waals surface area contributed by atoms with E-state index in [1.54, 1.807) is 52.4 Å². The summed E-state index contributed by atoms with van der Waals surface area (Å²) in [5.41, 5.74) is 0.0163. The molecule has 2 unspecified atom stereocenters. The quantitative estimate of drug-likeness (QED) is 0.825. The van der Waals surface area contributed by atoms with E-state index in [1.807, 2.05) is 24.3 Å². The summed E-state index contributed by atoms with van der Waals surface area (Å²) in [4.78, 5) is 26.3. The van der Waals surface area contributed by atoms with Crippen molar-refractivity contribution < 1.29 is 23.5 Å². The normalized spacial score (nSPS) is 17.5. The molecule has 1 aromatic heterocycles. The van der Waals surface area contributed by atoms with Crippen molar-refractivity contribution in [3.05, 3.63) is 60.7 Å². The van der Waals surface area contributed by atoms with Crippen molar-refractivity contribution in [1.29, 1.82) is 0 Å². The number of rotatable bonds is 5. The molecule has 0 saturated heterocycles. The van der Waals surface area contributed by atoms with Gasteiger partial charge >= 0.3 is 6.09 Å². The molecule has 0 fully saturated rings. The van der Waals surface area contributed by atoms with Crippen LogP contribution in [0.25, 0.3) is 0 Å². The number of nitrogens with zero attached hydrogens (tertiary/aromatic N) is 1. The molecule has 7 nitrogen and oxygen atoms in total. The van der Waals surface area contributed by atoms with Gasteiger partial charge < -0.3 is 19.2 Å². The summed E-state index contributed by atoms with van der Waals surface area (Å²) in [6.07, 6.45) is 3.95. The minimum absolute atomic E-state index is 0.391. The van der Waals surface area contributed by atoms with E-state index in [2.05, 4.69) is 5.32 Å². The first-order valence-corrected chi connectivity index (χ1v) is 8.97. The van der Waals surface area contributed by atoms with E-state index in [-0.39, 0.29) is 0 Å². The highest BCUT2D eigenvalue weighted by atomic mass is 16.6. The molecule has 2 aromatic rings. The van der Waals surface area contributed by atoms with Gasteiger partial charge in [-0.05, 0) is 45.0 Å². The van der Waals surface area contributed by atoms with Crippen LogP contribution < -0.4 is 10.1 Å². The summed E-state index contributed by atoms with van der Waals surface area (Å²) < 4.78 is 16.3. The molecule has 1 aliphatic rings. The van der Waals surface area contributed by atoms with Crippen LogP contribution in [0.5, 0.6) is 5.75 Å². The molecule has 0 spiro atoms. The summed E-state index contributed by atoms with van der Waals surface area (Å²) in [5, 5.41) is 3.31. The smallest absolute Gasteiger partial charge is 0.421 e. The minimum Gasteiger partial charge on any atom is -0.495 e. The average Bonchev–Trinajstić information content (AvgIpc) is 3.28. The second kappa shape index (κ2) is 7.80. The number of hydrogen-bond donors (Lipinski definition) is 1. The maximum absolute atomic E-state index is 13.0. The van der Waals surface area contributed by atoms with Crippen LogP contribution in [0.1, 0.15) is 32.6 Å². The zero-order valence-electron chi connectivity index (χ0n) is 16.3. The predicted octanol–water partition coefficient (Wildman–Crippen LogP) is 4.35. The zero-order valence-corrected chi connectivity index (χ0v) is 16.3. The van der Waals surface area contributed by atoms with Gasteiger partial charge in [0.15, 0.2) is 0 Å². The van der Waals surface area contributed by atoms with Crippen LogP contribution >= 0.6 is 0 Å². The third-order valence-corrected chi connectivity index (χ3v) is 4.18. The maximum Gasteiger partial charge on any atom is 0.421 e. The number of methoxy groups -OCH3 is 1. The number of nitrogens with one attached hydrogen (secondary N) is 1. The number of carbonyl (C=O) groups excluding carboxylic acids is 2. The summed E-state index contributed by atoms with van der Waals surface area (Å²) in [7, 11) is 1.58. The Morgan fingerprint density at radius 1 is 1.21 bits per heavy atom. The summed E-state index contributed by atoms with van der Waals surface area (Å²) in [5.74, 6) is 0.166. The van der Waals surface area contributed by atoms with Gasteiger partial charge in [0.05, 0.1) is 31.0 Å². The van der Waals surface area contributed by atoms with Gasteiger partial charge in [0.25, 0.3) is 0 Å². The fourth-order valence-electron chi connectivity index (χ4n) is 2.95. The number of anilines is 1. The summed E-state index contributed by atoms with van der Waals surface area (Å²) in [6.45, 7) is 5.25. The van der Waals surface area contributed by atoms with Gasteiger partial charge in [-0.3, -0.25) is 4.79 Å². The van der Waals surface area contributed by atoms with Gasteiger partial charge in [0.2, 0.25) is 5.91 Å². The van der Waals surface area contributed by atoms with Crippen LogP contribution in [0.15, 0.2) is 59.4 Å². The third kappa shape index (κ3) is 4.19. The Labute approximate surface area is 163 Å². The summed E-state index contributed by atoms with van der Waals surface area (Å²) in [6, 6.07) is 10.4. The molecule has 1 N–H and O–H groups in total. The first-order chi connectivity index (χ1) is 13.3. The van der Waals surface area contributed by atoms with Crippen molar-refractivity contribution in [2.75, 3.05) is 12.4 Å². The van der Waals surface area contributed by atoms with Crippen molar-refractivity contribution >= 4 is 17.7 Å². The van der Waals surface area contributed by atoms with Crippen molar-refractivity contribution in [2.45, 2.75) is 32.4 Å². The topological polar surface area (TPSA) is 81.0 Å². The lowest BCUT2D eigenvalue weighted by atomic mass is 9.97. The Hall–Kier alpha value is -3.22. The van der Waals surface area contributed by atoms with Crippen molar-refractivity contribution in [2.24, 2.45) is 5.92 Å². The lowest BCUT2D eigenvalue weighted by Gasteiger charge is -2.26. The van der Waals surface area contributed by atoms with Gasteiger partial charge in [-0.2, -0.15) is 0 Å². The number of ether oxygens (including phenoxy) is 2. The van der Waals surface area contributed by atoms with E-state index in [4.69, 9.17) is 13.9 Å². The Bertz CT molecular complexity index is 867. The molecule has 1 aliphatic heterocycles.